The van der Waals surface area contributed by atoms with Crippen LogP contribution >= 0.6 is 0 Å². The SMILES string of the molecule is C=C1CON(c2ccc(C(=O)OCC)cc2)[C@@H](c2ccc(C(F)(F)F)cc2)[C@](C(=O)OC)(c2cccc3ccccc23)C1. The van der Waals surface area contributed by atoms with Crippen LogP contribution in [0, 0.1) is 0 Å². The van der Waals surface area contributed by atoms with Crippen molar-refractivity contribution in [3.05, 3.63) is 125 Å². The van der Waals surface area contributed by atoms with Gasteiger partial charge in [0.25, 0.3) is 0 Å². The van der Waals surface area contributed by atoms with Gasteiger partial charge in [0.15, 0.2) is 0 Å². The first-order valence-electron chi connectivity index (χ1n) is 13.7. The molecule has 6 nitrogen and oxygen atoms in total. The molecule has 1 heterocycles. The van der Waals surface area contributed by atoms with E-state index in [1.54, 1.807) is 31.2 Å². The minimum absolute atomic E-state index is 0.0280. The number of ether oxygens (including phenoxy) is 2. The Bertz CT molecular complexity index is 1640. The molecule has 1 saturated heterocycles. The molecule has 1 aliphatic heterocycles. The minimum atomic E-state index is -4.55. The quantitative estimate of drug-likeness (QED) is 0.171. The van der Waals surface area contributed by atoms with Crippen molar-refractivity contribution in [1.29, 1.82) is 0 Å². The molecule has 9 heteroatoms. The van der Waals surface area contributed by atoms with Gasteiger partial charge in [0.1, 0.15) is 11.5 Å². The summed E-state index contributed by atoms with van der Waals surface area (Å²) in [6.07, 6.45) is -4.46. The van der Waals surface area contributed by atoms with Crippen LogP contribution in [0.15, 0.2) is 103 Å². The number of benzene rings is 4. The molecule has 43 heavy (non-hydrogen) atoms. The van der Waals surface area contributed by atoms with Crippen LogP contribution in [0.25, 0.3) is 10.8 Å². The van der Waals surface area contributed by atoms with Crippen LogP contribution in [-0.4, -0.2) is 32.3 Å². The van der Waals surface area contributed by atoms with Gasteiger partial charge in [-0.1, -0.05) is 61.2 Å². The molecule has 4 aromatic carbocycles. The molecule has 222 valence electrons. The number of esters is 2. The zero-order valence-electron chi connectivity index (χ0n) is 23.7. The Hall–Kier alpha value is -4.63. The van der Waals surface area contributed by atoms with Crippen molar-refractivity contribution in [2.75, 3.05) is 25.4 Å². The first-order valence-corrected chi connectivity index (χ1v) is 13.7. The fraction of sp³-hybridized carbons (Fsp3) is 0.235. The highest BCUT2D eigenvalue weighted by Crippen LogP contribution is 2.52. The molecule has 0 N–H and O–H groups in total. The number of carbonyl (C=O) groups excluding carboxylic acids is 2. The van der Waals surface area contributed by atoms with Gasteiger partial charge < -0.3 is 9.47 Å². The van der Waals surface area contributed by atoms with Gasteiger partial charge in [-0.2, -0.15) is 13.2 Å². The Morgan fingerprint density at radius 3 is 2.30 bits per heavy atom. The zero-order valence-corrected chi connectivity index (χ0v) is 23.7. The molecule has 4 aromatic rings. The highest BCUT2D eigenvalue weighted by Gasteiger charge is 2.54. The Kier molecular flexibility index (Phi) is 8.28. The maximum atomic E-state index is 14.2. The molecule has 0 radical (unpaired) electrons. The molecule has 2 atom stereocenters. The molecule has 0 bridgehead atoms. The van der Waals surface area contributed by atoms with Gasteiger partial charge in [-0.05, 0) is 77.2 Å². The van der Waals surface area contributed by atoms with E-state index in [9.17, 15) is 22.8 Å². The Labute approximate surface area is 247 Å². The predicted molar refractivity (Wildman–Crippen MR) is 156 cm³/mol. The van der Waals surface area contributed by atoms with Crippen molar-refractivity contribution < 1.29 is 37.1 Å². The molecule has 0 aromatic heterocycles. The largest absolute Gasteiger partial charge is 0.468 e. The number of halogens is 3. The standard InChI is InChI=1S/C34H30F3NO5/c1-4-42-31(39)25-14-18-27(19-15-25)38-30(24-12-16-26(17-13-24)34(35,36)37)33(32(40)41-3,20-22(2)21-43-38)29-11-7-9-23-8-5-6-10-28(23)29/h5-19,30H,2,4,20-21H2,1,3H3/t30-,33+/m0/s1. The number of methoxy groups -OCH3 is 1. The van der Waals surface area contributed by atoms with E-state index in [0.29, 0.717) is 28.0 Å². The van der Waals surface area contributed by atoms with Crippen molar-refractivity contribution in [1.82, 2.24) is 0 Å². The number of nitrogens with zero attached hydrogens (tertiary/aromatic N) is 1. The number of hydrogen-bond acceptors (Lipinski definition) is 6. The number of rotatable bonds is 6. The average Bonchev–Trinajstić information content (AvgIpc) is 3.17. The summed E-state index contributed by atoms with van der Waals surface area (Å²) >= 11 is 0. The molecule has 1 fully saturated rings. The molecule has 1 aliphatic rings. The molecule has 0 unspecified atom stereocenters. The summed E-state index contributed by atoms with van der Waals surface area (Å²) in [5.41, 5.74) is 0.0150. The van der Waals surface area contributed by atoms with Gasteiger partial charge >= 0.3 is 18.1 Å². The lowest BCUT2D eigenvalue weighted by molar-refractivity contribution is -0.149. The summed E-state index contributed by atoms with van der Waals surface area (Å²) < 4.78 is 51.4. The maximum Gasteiger partial charge on any atom is 0.416 e. The van der Waals surface area contributed by atoms with Crippen LogP contribution in [0.3, 0.4) is 0 Å². The van der Waals surface area contributed by atoms with E-state index in [-0.39, 0.29) is 19.6 Å². The monoisotopic (exact) mass is 589 g/mol. The van der Waals surface area contributed by atoms with Gasteiger partial charge in [0.05, 0.1) is 37.1 Å². The molecule has 0 aliphatic carbocycles. The van der Waals surface area contributed by atoms with Crippen LogP contribution in [0.2, 0.25) is 0 Å². The van der Waals surface area contributed by atoms with Gasteiger partial charge in [-0.15, -0.1) is 0 Å². The average molecular weight is 590 g/mol. The van der Waals surface area contributed by atoms with E-state index in [0.717, 1.165) is 22.9 Å². The third-order valence-electron chi connectivity index (χ3n) is 7.64. The smallest absolute Gasteiger partial charge is 0.416 e. The van der Waals surface area contributed by atoms with Crippen molar-refractivity contribution in [2.45, 2.75) is 31.0 Å². The van der Waals surface area contributed by atoms with Gasteiger partial charge in [0.2, 0.25) is 0 Å². The van der Waals surface area contributed by atoms with Gasteiger partial charge in [0, 0.05) is 0 Å². The first-order chi connectivity index (χ1) is 20.6. The lowest BCUT2D eigenvalue weighted by atomic mass is 9.66. The number of hydrogen-bond donors (Lipinski definition) is 0. The van der Waals surface area contributed by atoms with E-state index < -0.39 is 35.1 Å². The van der Waals surface area contributed by atoms with Gasteiger partial charge in [-0.25, -0.2) is 9.86 Å². The number of hydroxylamine groups is 1. The lowest BCUT2D eigenvalue weighted by Gasteiger charge is -2.43. The van der Waals surface area contributed by atoms with Crippen LogP contribution < -0.4 is 5.06 Å². The third kappa shape index (κ3) is 5.60. The molecule has 5 rings (SSSR count). The second kappa shape index (κ2) is 11.9. The molecule has 0 spiro atoms. The van der Waals surface area contributed by atoms with Crippen molar-refractivity contribution >= 4 is 28.4 Å². The van der Waals surface area contributed by atoms with E-state index in [4.69, 9.17) is 14.3 Å². The number of alkyl halides is 3. The molecular weight excluding hydrogens is 559 g/mol. The third-order valence-corrected chi connectivity index (χ3v) is 7.64. The molecule has 0 saturated carbocycles. The summed E-state index contributed by atoms with van der Waals surface area (Å²) in [5, 5.41) is 3.16. The summed E-state index contributed by atoms with van der Waals surface area (Å²) in [6.45, 7) is 6.13. The van der Waals surface area contributed by atoms with Crippen molar-refractivity contribution in [2.24, 2.45) is 0 Å². The van der Waals surface area contributed by atoms with E-state index in [1.807, 2.05) is 42.5 Å². The second-order valence-electron chi connectivity index (χ2n) is 10.3. The van der Waals surface area contributed by atoms with Crippen molar-refractivity contribution in [3.63, 3.8) is 0 Å². The maximum absolute atomic E-state index is 14.2. The lowest BCUT2D eigenvalue weighted by Crippen LogP contribution is -2.49. The highest BCUT2D eigenvalue weighted by molar-refractivity contribution is 5.95. The predicted octanol–water partition coefficient (Wildman–Crippen LogP) is 7.59. The second-order valence-corrected chi connectivity index (χ2v) is 10.3. The highest BCUT2D eigenvalue weighted by atomic mass is 19.4. The van der Waals surface area contributed by atoms with E-state index in [1.165, 1.54) is 24.3 Å². The number of fused-ring (bicyclic) bond motifs is 1. The van der Waals surface area contributed by atoms with Gasteiger partial charge in [-0.3, -0.25) is 9.63 Å². The Morgan fingerprint density at radius 2 is 1.65 bits per heavy atom. The van der Waals surface area contributed by atoms with Crippen LogP contribution in [0.5, 0.6) is 0 Å². The number of carbonyl (C=O) groups is 2. The van der Waals surface area contributed by atoms with Crippen LogP contribution in [-0.2, 0) is 30.7 Å². The summed E-state index contributed by atoms with van der Waals surface area (Å²) in [6, 6.07) is 23.2. The molecule has 0 amide bonds. The minimum Gasteiger partial charge on any atom is -0.468 e. The summed E-state index contributed by atoms with van der Waals surface area (Å²) in [7, 11) is 1.28. The number of anilines is 1. The zero-order chi connectivity index (χ0) is 30.8. The first kappa shape index (κ1) is 29.8. The Morgan fingerprint density at radius 1 is 0.977 bits per heavy atom. The summed E-state index contributed by atoms with van der Waals surface area (Å²) in [5.74, 6) is -1.10. The fourth-order valence-electron chi connectivity index (χ4n) is 5.77. The summed E-state index contributed by atoms with van der Waals surface area (Å²) in [4.78, 5) is 32.9. The fourth-order valence-corrected chi connectivity index (χ4v) is 5.77. The molecular formula is C34H30F3NO5. The van der Waals surface area contributed by atoms with Crippen molar-refractivity contribution in [3.8, 4) is 0 Å². The Balaban J connectivity index is 1.80. The topological polar surface area (TPSA) is 65.1 Å². The normalized spacial score (nSPS) is 19.1. The van der Waals surface area contributed by atoms with E-state index >= 15 is 0 Å². The van der Waals surface area contributed by atoms with Crippen LogP contribution in [0.1, 0.15) is 46.4 Å². The van der Waals surface area contributed by atoms with E-state index in [2.05, 4.69) is 6.58 Å². The van der Waals surface area contributed by atoms with Crippen LogP contribution in [0.4, 0.5) is 18.9 Å².